The van der Waals surface area contributed by atoms with E-state index in [0.29, 0.717) is 0 Å². The first kappa shape index (κ1) is 13.2. The fourth-order valence-electron chi connectivity index (χ4n) is 0.973. The van der Waals surface area contributed by atoms with E-state index in [9.17, 15) is 14.9 Å². The van der Waals surface area contributed by atoms with Gasteiger partial charge in [-0.15, -0.1) is 0 Å². The van der Waals surface area contributed by atoms with E-state index in [1.807, 2.05) is 0 Å². The Labute approximate surface area is 101 Å². The predicted octanol–water partition coefficient (Wildman–Crippen LogP) is 1.56. The molecule has 92 valence electrons. The molecule has 8 heteroatoms. The minimum Gasteiger partial charge on any atom is -0.481 e. The van der Waals surface area contributed by atoms with Crippen LogP contribution in [0.2, 0.25) is 0 Å². The van der Waals surface area contributed by atoms with Crippen LogP contribution in [0.3, 0.4) is 0 Å². The molecular formula is C9H10N2O5S. The number of nitro groups is 1. The Balaban J connectivity index is 3.09. The molecule has 1 heterocycles. The number of aromatic nitrogens is 1. The molecule has 0 unspecified atom stereocenters. The summed E-state index contributed by atoms with van der Waals surface area (Å²) < 4.78 is 4.84. The van der Waals surface area contributed by atoms with Crippen LogP contribution < -0.4 is 4.74 Å². The number of thioether (sulfide) groups is 1. The summed E-state index contributed by atoms with van der Waals surface area (Å²) in [5.74, 6) is -0.857. The lowest BCUT2D eigenvalue weighted by Crippen LogP contribution is -2.12. The van der Waals surface area contributed by atoms with Crippen molar-refractivity contribution < 1.29 is 19.6 Å². The van der Waals surface area contributed by atoms with Gasteiger partial charge in [0.15, 0.2) is 5.03 Å². The zero-order chi connectivity index (χ0) is 13.0. The number of carbonyl (C=O) groups is 1. The highest BCUT2D eigenvalue weighted by Gasteiger charge is 2.22. The van der Waals surface area contributed by atoms with Crippen molar-refractivity contribution in [3.8, 4) is 5.88 Å². The molecule has 0 aliphatic heterocycles. The molecule has 17 heavy (non-hydrogen) atoms. The average Bonchev–Trinajstić information content (AvgIpc) is 2.28. The molecule has 0 bridgehead atoms. The van der Waals surface area contributed by atoms with Crippen LogP contribution in [0, 0.1) is 10.1 Å². The topological polar surface area (TPSA) is 103 Å². The van der Waals surface area contributed by atoms with Crippen LogP contribution in [0.4, 0.5) is 5.69 Å². The Hall–Kier alpha value is -1.83. The van der Waals surface area contributed by atoms with Gasteiger partial charge in [-0.05, 0) is 6.92 Å². The van der Waals surface area contributed by atoms with Gasteiger partial charge in [0.1, 0.15) is 5.25 Å². The molecular weight excluding hydrogens is 248 g/mol. The second-order valence-corrected chi connectivity index (χ2v) is 4.36. The van der Waals surface area contributed by atoms with Crippen molar-refractivity contribution in [1.29, 1.82) is 0 Å². The van der Waals surface area contributed by atoms with Crippen LogP contribution in [-0.4, -0.2) is 33.3 Å². The van der Waals surface area contributed by atoms with E-state index < -0.39 is 16.1 Å². The number of carboxylic acid groups (broad SMARTS) is 1. The van der Waals surface area contributed by atoms with Crippen molar-refractivity contribution in [1.82, 2.24) is 4.98 Å². The van der Waals surface area contributed by atoms with E-state index in [4.69, 9.17) is 9.84 Å². The molecule has 7 nitrogen and oxygen atoms in total. The van der Waals surface area contributed by atoms with Crippen molar-refractivity contribution in [3.05, 3.63) is 22.2 Å². The molecule has 0 fully saturated rings. The van der Waals surface area contributed by atoms with Crippen molar-refractivity contribution >= 4 is 23.4 Å². The molecule has 0 aliphatic rings. The maximum absolute atomic E-state index is 10.7. The van der Waals surface area contributed by atoms with Crippen LogP contribution in [0.15, 0.2) is 17.2 Å². The summed E-state index contributed by atoms with van der Waals surface area (Å²) in [4.78, 5) is 24.7. The smallest absolute Gasteiger partial charge is 0.316 e. The molecule has 0 saturated heterocycles. The standard InChI is InChI=1S/C9H10N2O5S/c1-5(9(12)13)17-8-6(11(14)15)3-4-7(10-8)16-2/h3-5H,1-2H3,(H,12,13)/t5-/m0/s1. The van der Waals surface area contributed by atoms with E-state index in [1.165, 1.54) is 26.2 Å². The Kier molecular flexibility index (Phi) is 4.27. The Morgan fingerprint density at radius 2 is 2.29 bits per heavy atom. The van der Waals surface area contributed by atoms with Crippen molar-refractivity contribution in [2.24, 2.45) is 0 Å². The van der Waals surface area contributed by atoms with Gasteiger partial charge in [0.05, 0.1) is 12.0 Å². The predicted molar refractivity (Wildman–Crippen MR) is 60.4 cm³/mol. The molecule has 1 N–H and O–H groups in total. The van der Waals surface area contributed by atoms with Crippen LogP contribution in [0.25, 0.3) is 0 Å². The van der Waals surface area contributed by atoms with E-state index in [0.717, 1.165) is 11.8 Å². The summed E-state index contributed by atoms with van der Waals surface area (Å²) in [5.41, 5.74) is -0.233. The SMILES string of the molecule is COc1ccc([N+](=O)[O-])c(S[C@@H](C)C(=O)O)n1. The van der Waals surface area contributed by atoms with E-state index in [1.54, 1.807) is 0 Å². The highest BCUT2D eigenvalue weighted by molar-refractivity contribution is 8.00. The van der Waals surface area contributed by atoms with Gasteiger partial charge in [-0.25, -0.2) is 0 Å². The molecule has 1 atom stereocenters. The summed E-state index contributed by atoms with van der Waals surface area (Å²) in [6, 6.07) is 2.59. The molecule has 1 aromatic heterocycles. The van der Waals surface area contributed by atoms with Gasteiger partial charge in [-0.3, -0.25) is 14.9 Å². The summed E-state index contributed by atoms with van der Waals surface area (Å²) in [7, 11) is 1.38. The van der Waals surface area contributed by atoms with Crippen LogP contribution in [0.1, 0.15) is 6.92 Å². The van der Waals surface area contributed by atoms with E-state index in [-0.39, 0.29) is 16.6 Å². The summed E-state index contributed by atoms with van der Waals surface area (Å²) in [6.45, 7) is 1.43. The van der Waals surface area contributed by atoms with Gasteiger partial charge >= 0.3 is 11.7 Å². The first-order chi connectivity index (χ1) is 7.95. The highest BCUT2D eigenvalue weighted by atomic mass is 32.2. The highest BCUT2D eigenvalue weighted by Crippen LogP contribution is 2.31. The Morgan fingerprint density at radius 3 is 2.76 bits per heavy atom. The van der Waals surface area contributed by atoms with Gasteiger partial charge in [0.2, 0.25) is 5.88 Å². The molecule has 0 spiro atoms. The van der Waals surface area contributed by atoms with E-state index in [2.05, 4.69) is 4.98 Å². The van der Waals surface area contributed by atoms with Gasteiger partial charge < -0.3 is 9.84 Å². The normalized spacial score (nSPS) is 11.9. The number of nitrogens with zero attached hydrogens (tertiary/aromatic N) is 2. The summed E-state index contributed by atoms with van der Waals surface area (Å²) in [6.07, 6.45) is 0. The lowest BCUT2D eigenvalue weighted by molar-refractivity contribution is -0.388. The van der Waals surface area contributed by atoms with Crippen LogP contribution >= 0.6 is 11.8 Å². The fraction of sp³-hybridized carbons (Fsp3) is 0.333. The van der Waals surface area contributed by atoms with Crippen molar-refractivity contribution in [2.45, 2.75) is 17.2 Å². The van der Waals surface area contributed by atoms with Gasteiger partial charge in [-0.2, -0.15) is 4.98 Å². The lowest BCUT2D eigenvalue weighted by atomic mass is 10.4. The molecule has 0 aliphatic carbocycles. The minimum absolute atomic E-state index is 0.0317. The maximum atomic E-state index is 10.7. The van der Waals surface area contributed by atoms with Gasteiger partial charge in [0.25, 0.3) is 0 Å². The first-order valence-electron chi connectivity index (χ1n) is 4.54. The zero-order valence-electron chi connectivity index (χ0n) is 9.11. The van der Waals surface area contributed by atoms with E-state index >= 15 is 0 Å². The van der Waals surface area contributed by atoms with Crippen LogP contribution in [-0.2, 0) is 4.79 Å². The van der Waals surface area contributed by atoms with Crippen molar-refractivity contribution in [2.75, 3.05) is 7.11 Å². The number of pyridine rings is 1. The number of ether oxygens (including phenoxy) is 1. The van der Waals surface area contributed by atoms with Gasteiger partial charge in [-0.1, -0.05) is 11.8 Å². The third kappa shape index (κ3) is 3.31. The average molecular weight is 258 g/mol. The molecule has 1 rings (SSSR count). The minimum atomic E-state index is -1.06. The number of hydrogen-bond donors (Lipinski definition) is 1. The zero-order valence-corrected chi connectivity index (χ0v) is 9.93. The number of rotatable bonds is 5. The number of aliphatic carboxylic acids is 1. The van der Waals surface area contributed by atoms with Gasteiger partial charge in [0, 0.05) is 12.1 Å². The summed E-state index contributed by atoms with van der Waals surface area (Å²) in [5, 5.41) is 18.7. The molecule has 0 radical (unpaired) electrons. The third-order valence-electron chi connectivity index (χ3n) is 1.86. The largest absolute Gasteiger partial charge is 0.481 e. The monoisotopic (exact) mass is 258 g/mol. The molecule has 0 saturated carbocycles. The quantitative estimate of drug-likeness (QED) is 0.485. The third-order valence-corrected chi connectivity index (χ3v) is 2.94. The fourth-order valence-corrected chi connectivity index (χ4v) is 1.82. The molecule has 0 aromatic carbocycles. The molecule has 1 aromatic rings. The van der Waals surface area contributed by atoms with Crippen LogP contribution in [0.5, 0.6) is 5.88 Å². The number of methoxy groups -OCH3 is 1. The lowest BCUT2D eigenvalue weighted by Gasteiger charge is -2.07. The number of hydrogen-bond acceptors (Lipinski definition) is 6. The number of carboxylic acids is 1. The second-order valence-electron chi connectivity index (χ2n) is 3.03. The Bertz CT molecular complexity index is 451. The maximum Gasteiger partial charge on any atom is 0.316 e. The first-order valence-corrected chi connectivity index (χ1v) is 5.42. The van der Waals surface area contributed by atoms with Crippen molar-refractivity contribution in [3.63, 3.8) is 0 Å². The summed E-state index contributed by atoms with van der Waals surface area (Å²) >= 11 is 0.804. The Morgan fingerprint density at radius 1 is 1.65 bits per heavy atom. The second kappa shape index (κ2) is 5.48. The molecule has 0 amide bonds.